The summed E-state index contributed by atoms with van der Waals surface area (Å²) in [5.74, 6) is 0.362. The first-order valence-corrected chi connectivity index (χ1v) is 8.71. The molecule has 8 heteroatoms. The highest BCUT2D eigenvalue weighted by Gasteiger charge is 2.11. The third-order valence-corrected chi connectivity index (χ3v) is 4.75. The molecule has 0 radical (unpaired) electrons. The molecule has 0 spiro atoms. The molecule has 3 aromatic rings. The summed E-state index contributed by atoms with van der Waals surface area (Å²) in [6, 6.07) is 11.7. The molecule has 0 saturated carbocycles. The number of tetrazole rings is 1. The molecule has 0 aliphatic rings. The highest BCUT2D eigenvalue weighted by Crippen LogP contribution is 2.24. The van der Waals surface area contributed by atoms with Gasteiger partial charge in [0.1, 0.15) is 6.54 Å². The Hall–Kier alpha value is -2.06. The van der Waals surface area contributed by atoms with Crippen LogP contribution in [0.2, 0.25) is 0 Å². The van der Waals surface area contributed by atoms with Crippen LogP contribution in [0.3, 0.4) is 0 Å². The molecule has 1 N–H and O–H groups in total. The van der Waals surface area contributed by atoms with Crippen LogP contribution in [0.4, 0.5) is 0 Å². The number of rotatable bonds is 6. The first-order chi connectivity index (χ1) is 11.2. The highest BCUT2D eigenvalue weighted by molar-refractivity contribution is 9.10. The van der Waals surface area contributed by atoms with Crippen molar-refractivity contribution in [3.63, 3.8) is 0 Å². The molecule has 23 heavy (non-hydrogen) atoms. The molecule has 2 heterocycles. The number of carbonyl (C=O) groups excluding carboxylic acids is 1. The van der Waals surface area contributed by atoms with E-state index in [-0.39, 0.29) is 12.5 Å². The van der Waals surface area contributed by atoms with Crippen molar-refractivity contribution in [2.75, 3.05) is 6.54 Å². The van der Waals surface area contributed by atoms with Crippen LogP contribution < -0.4 is 5.32 Å². The molecule has 0 aliphatic heterocycles. The van der Waals surface area contributed by atoms with Gasteiger partial charge >= 0.3 is 0 Å². The van der Waals surface area contributed by atoms with Gasteiger partial charge in [-0.1, -0.05) is 34.1 Å². The van der Waals surface area contributed by atoms with Gasteiger partial charge in [-0.3, -0.25) is 4.79 Å². The van der Waals surface area contributed by atoms with E-state index in [2.05, 4.69) is 42.7 Å². The highest BCUT2D eigenvalue weighted by atomic mass is 79.9. The quantitative estimate of drug-likeness (QED) is 0.700. The molecule has 0 aliphatic carbocycles. The van der Waals surface area contributed by atoms with Crippen LogP contribution in [-0.4, -0.2) is 32.7 Å². The van der Waals surface area contributed by atoms with Crippen molar-refractivity contribution in [1.29, 1.82) is 0 Å². The van der Waals surface area contributed by atoms with E-state index in [9.17, 15) is 4.79 Å². The second kappa shape index (κ2) is 7.47. The van der Waals surface area contributed by atoms with Crippen LogP contribution in [-0.2, 0) is 17.8 Å². The van der Waals surface area contributed by atoms with Crippen LogP contribution in [0.5, 0.6) is 0 Å². The van der Waals surface area contributed by atoms with Crippen LogP contribution in [0.25, 0.3) is 11.4 Å². The number of nitrogens with one attached hydrogen (secondary N) is 1. The normalized spacial score (nSPS) is 10.7. The summed E-state index contributed by atoms with van der Waals surface area (Å²) in [5, 5.41) is 17.1. The average molecular weight is 392 g/mol. The van der Waals surface area contributed by atoms with Gasteiger partial charge in [-0.25, -0.2) is 0 Å². The molecule has 0 unspecified atom stereocenters. The number of carbonyl (C=O) groups is 1. The fraction of sp³-hybridized carbons (Fsp3) is 0.200. The number of aromatic nitrogens is 4. The number of hydrogen-bond donors (Lipinski definition) is 1. The molecule has 0 fully saturated rings. The van der Waals surface area contributed by atoms with Gasteiger partial charge in [0, 0.05) is 21.5 Å². The first kappa shape index (κ1) is 15.8. The monoisotopic (exact) mass is 391 g/mol. The van der Waals surface area contributed by atoms with Gasteiger partial charge in [-0.15, -0.1) is 21.5 Å². The molecule has 6 nitrogen and oxygen atoms in total. The lowest BCUT2D eigenvalue weighted by molar-refractivity contribution is -0.122. The molecule has 1 amide bonds. The summed E-state index contributed by atoms with van der Waals surface area (Å²) in [4.78, 5) is 14.5. The SMILES string of the molecule is O=C(Cn1nnc(-c2ccccc2Br)n1)NCCc1cccs1. The Morgan fingerprint density at radius 1 is 1.26 bits per heavy atom. The van der Waals surface area contributed by atoms with Gasteiger partial charge in [0.2, 0.25) is 11.7 Å². The minimum absolute atomic E-state index is 0.0574. The maximum atomic E-state index is 11.9. The molecule has 1 aromatic carbocycles. The topological polar surface area (TPSA) is 72.7 Å². The van der Waals surface area contributed by atoms with E-state index in [1.54, 1.807) is 11.3 Å². The van der Waals surface area contributed by atoms with Crippen molar-refractivity contribution in [3.8, 4) is 11.4 Å². The molecule has 2 aromatic heterocycles. The molecule has 118 valence electrons. The summed E-state index contributed by atoms with van der Waals surface area (Å²) in [7, 11) is 0. The summed E-state index contributed by atoms with van der Waals surface area (Å²) in [6.45, 7) is 0.660. The number of hydrogen-bond acceptors (Lipinski definition) is 5. The zero-order valence-electron chi connectivity index (χ0n) is 12.1. The standard InChI is InChI=1S/C15H14BrN5OS/c16-13-6-2-1-5-12(13)15-18-20-21(19-15)10-14(22)17-8-7-11-4-3-9-23-11/h1-6,9H,7-8,10H2,(H,17,22). The van der Waals surface area contributed by atoms with Gasteiger partial charge in [0.15, 0.2) is 0 Å². The van der Waals surface area contributed by atoms with Crippen LogP contribution in [0.1, 0.15) is 4.88 Å². The van der Waals surface area contributed by atoms with Gasteiger partial charge in [-0.2, -0.15) is 4.80 Å². The molecule has 0 atom stereocenters. The Balaban J connectivity index is 1.54. The number of halogens is 1. The van der Waals surface area contributed by atoms with Gasteiger partial charge in [0.05, 0.1) is 0 Å². The van der Waals surface area contributed by atoms with E-state index >= 15 is 0 Å². The van der Waals surface area contributed by atoms with Crippen LogP contribution in [0, 0.1) is 0 Å². The number of nitrogens with zero attached hydrogens (tertiary/aromatic N) is 4. The summed E-state index contributed by atoms with van der Waals surface area (Å²) in [6.07, 6.45) is 0.830. The fourth-order valence-corrected chi connectivity index (χ4v) is 3.20. The number of benzene rings is 1. The lowest BCUT2D eigenvalue weighted by Crippen LogP contribution is -2.30. The lowest BCUT2D eigenvalue weighted by Gasteiger charge is -2.03. The van der Waals surface area contributed by atoms with Gasteiger partial charge < -0.3 is 5.32 Å². The Kier molecular flexibility index (Phi) is 5.14. The maximum absolute atomic E-state index is 11.9. The fourth-order valence-electron chi connectivity index (χ4n) is 2.02. The largest absolute Gasteiger partial charge is 0.354 e. The van der Waals surface area contributed by atoms with E-state index in [1.165, 1.54) is 9.67 Å². The zero-order valence-corrected chi connectivity index (χ0v) is 14.5. The van der Waals surface area contributed by atoms with Gasteiger partial charge in [0.25, 0.3) is 0 Å². The van der Waals surface area contributed by atoms with E-state index in [4.69, 9.17) is 0 Å². The van der Waals surface area contributed by atoms with E-state index in [0.29, 0.717) is 12.4 Å². The minimum Gasteiger partial charge on any atom is -0.354 e. The van der Waals surface area contributed by atoms with Crippen molar-refractivity contribution >= 4 is 33.2 Å². The Bertz CT molecular complexity index is 787. The molecular weight excluding hydrogens is 378 g/mol. The van der Waals surface area contributed by atoms with E-state index in [1.807, 2.05) is 35.7 Å². The third kappa shape index (κ3) is 4.23. The van der Waals surface area contributed by atoms with Crippen molar-refractivity contribution in [2.24, 2.45) is 0 Å². The smallest absolute Gasteiger partial charge is 0.243 e. The summed E-state index contributed by atoms with van der Waals surface area (Å²) < 4.78 is 0.889. The van der Waals surface area contributed by atoms with Crippen molar-refractivity contribution in [2.45, 2.75) is 13.0 Å². The van der Waals surface area contributed by atoms with Crippen molar-refractivity contribution in [3.05, 3.63) is 51.1 Å². The Labute approximate surface area is 145 Å². The predicted molar refractivity (Wildman–Crippen MR) is 92.0 cm³/mol. The Morgan fingerprint density at radius 2 is 2.13 bits per heavy atom. The molecule has 0 bridgehead atoms. The molecule has 3 rings (SSSR count). The lowest BCUT2D eigenvalue weighted by atomic mass is 10.2. The van der Waals surface area contributed by atoms with E-state index < -0.39 is 0 Å². The second-order valence-corrected chi connectivity index (χ2v) is 6.69. The summed E-state index contributed by atoms with van der Waals surface area (Å²) in [5.41, 5.74) is 0.844. The number of thiophene rings is 1. The number of amides is 1. The van der Waals surface area contributed by atoms with Crippen molar-refractivity contribution in [1.82, 2.24) is 25.5 Å². The first-order valence-electron chi connectivity index (χ1n) is 7.04. The van der Waals surface area contributed by atoms with E-state index in [0.717, 1.165) is 16.5 Å². The van der Waals surface area contributed by atoms with Gasteiger partial charge in [-0.05, 0) is 35.2 Å². The summed E-state index contributed by atoms with van der Waals surface area (Å²) >= 11 is 5.14. The maximum Gasteiger partial charge on any atom is 0.243 e. The minimum atomic E-state index is -0.127. The van der Waals surface area contributed by atoms with Crippen LogP contribution in [0.15, 0.2) is 46.3 Å². The van der Waals surface area contributed by atoms with Crippen molar-refractivity contribution < 1.29 is 4.79 Å². The zero-order chi connectivity index (χ0) is 16.1. The molecular formula is C15H14BrN5OS. The Morgan fingerprint density at radius 3 is 2.91 bits per heavy atom. The predicted octanol–water partition coefficient (Wildman–Crippen LogP) is 2.52. The second-order valence-electron chi connectivity index (χ2n) is 4.80. The average Bonchev–Trinajstić information content (AvgIpc) is 3.20. The third-order valence-electron chi connectivity index (χ3n) is 3.13. The van der Waals surface area contributed by atoms with Crippen LogP contribution >= 0.6 is 27.3 Å². The molecule has 0 saturated heterocycles.